The maximum absolute atomic E-state index is 11.9. The van der Waals surface area contributed by atoms with E-state index in [1.54, 1.807) is 13.2 Å². The molecule has 7 heteroatoms. The molecule has 1 amide bonds. The summed E-state index contributed by atoms with van der Waals surface area (Å²) in [5.74, 6) is 0.240. The molecule has 1 heterocycles. The van der Waals surface area contributed by atoms with E-state index in [1.165, 1.54) is 7.11 Å². The third kappa shape index (κ3) is 4.76. The summed E-state index contributed by atoms with van der Waals surface area (Å²) >= 11 is 6.06. The summed E-state index contributed by atoms with van der Waals surface area (Å²) in [6, 6.07) is 5.53. The van der Waals surface area contributed by atoms with Gasteiger partial charge in [0.15, 0.2) is 0 Å². The van der Waals surface area contributed by atoms with Crippen LogP contribution in [-0.4, -0.2) is 45.2 Å². The molecule has 1 N–H and O–H groups in total. The van der Waals surface area contributed by atoms with Gasteiger partial charge in [0.1, 0.15) is 5.75 Å². The zero-order valence-corrected chi connectivity index (χ0v) is 14.1. The quantitative estimate of drug-likeness (QED) is 0.802. The number of anilines is 1. The number of amides is 1. The van der Waals surface area contributed by atoms with Gasteiger partial charge >= 0.3 is 5.97 Å². The molecule has 0 aromatic heterocycles. The van der Waals surface area contributed by atoms with Crippen molar-refractivity contribution in [3.05, 3.63) is 23.2 Å². The molecule has 1 unspecified atom stereocenters. The number of ether oxygens (including phenoxy) is 2. The molecule has 0 spiro atoms. The highest BCUT2D eigenvalue weighted by molar-refractivity contribution is 6.30. The van der Waals surface area contributed by atoms with Gasteiger partial charge < -0.3 is 19.7 Å². The number of nitrogens with zero attached hydrogens (tertiary/aromatic N) is 1. The highest BCUT2D eigenvalue weighted by Crippen LogP contribution is 2.33. The lowest BCUT2D eigenvalue weighted by Crippen LogP contribution is -2.37. The van der Waals surface area contributed by atoms with Crippen LogP contribution in [0.2, 0.25) is 5.02 Å². The molecule has 2 rings (SSSR count). The molecule has 0 radical (unpaired) electrons. The van der Waals surface area contributed by atoms with Crippen LogP contribution in [0.15, 0.2) is 18.2 Å². The Balaban J connectivity index is 1.90. The first-order valence-electron chi connectivity index (χ1n) is 7.48. The molecule has 1 aliphatic heterocycles. The van der Waals surface area contributed by atoms with Crippen LogP contribution in [0.25, 0.3) is 0 Å². The summed E-state index contributed by atoms with van der Waals surface area (Å²) in [4.78, 5) is 25.0. The van der Waals surface area contributed by atoms with Gasteiger partial charge in [-0.25, -0.2) is 0 Å². The lowest BCUT2D eigenvalue weighted by atomic mass is 10.2. The van der Waals surface area contributed by atoms with Crippen molar-refractivity contribution in [2.45, 2.75) is 25.3 Å². The number of carbonyl (C=O) groups is 2. The van der Waals surface area contributed by atoms with E-state index in [2.05, 4.69) is 15.0 Å². The van der Waals surface area contributed by atoms with Crippen LogP contribution in [0.3, 0.4) is 0 Å². The zero-order valence-electron chi connectivity index (χ0n) is 13.3. The molecule has 0 aliphatic carbocycles. The molecule has 1 atom stereocenters. The van der Waals surface area contributed by atoms with Gasteiger partial charge in [0, 0.05) is 30.6 Å². The largest absolute Gasteiger partial charge is 0.495 e. The second kappa shape index (κ2) is 8.06. The number of halogens is 1. The lowest BCUT2D eigenvalue weighted by molar-refractivity contribution is -0.142. The molecule has 126 valence electrons. The molecule has 1 aromatic rings. The Hall–Kier alpha value is -1.95. The summed E-state index contributed by atoms with van der Waals surface area (Å²) in [5.41, 5.74) is 0.923. The summed E-state index contributed by atoms with van der Waals surface area (Å²) in [5, 5.41) is 3.59. The zero-order chi connectivity index (χ0) is 16.8. The minimum atomic E-state index is -0.378. The maximum Gasteiger partial charge on any atom is 0.306 e. The smallest absolute Gasteiger partial charge is 0.306 e. The third-order valence-electron chi connectivity index (χ3n) is 3.82. The fourth-order valence-electron chi connectivity index (χ4n) is 2.62. The van der Waals surface area contributed by atoms with E-state index in [0.717, 1.165) is 24.4 Å². The van der Waals surface area contributed by atoms with Crippen LogP contribution in [0.1, 0.15) is 19.3 Å². The fourth-order valence-corrected chi connectivity index (χ4v) is 2.79. The van der Waals surface area contributed by atoms with Crippen molar-refractivity contribution in [3.63, 3.8) is 0 Å². The average molecular weight is 341 g/mol. The van der Waals surface area contributed by atoms with Gasteiger partial charge in [0.05, 0.1) is 26.3 Å². The SMILES string of the molecule is COC(=O)CCC(=O)NC1CCN(c2cc(Cl)ccc2OC)C1. The van der Waals surface area contributed by atoms with Gasteiger partial charge in [0.2, 0.25) is 5.91 Å². The van der Waals surface area contributed by atoms with Crippen molar-refractivity contribution in [2.24, 2.45) is 0 Å². The molecule has 0 bridgehead atoms. The highest BCUT2D eigenvalue weighted by Gasteiger charge is 2.26. The van der Waals surface area contributed by atoms with E-state index in [9.17, 15) is 9.59 Å². The molecule has 1 fully saturated rings. The van der Waals surface area contributed by atoms with Crippen molar-refractivity contribution in [2.75, 3.05) is 32.2 Å². The Bertz CT molecular complexity index is 579. The molecule has 23 heavy (non-hydrogen) atoms. The van der Waals surface area contributed by atoms with Gasteiger partial charge in [-0.15, -0.1) is 0 Å². The van der Waals surface area contributed by atoms with Gasteiger partial charge in [-0.1, -0.05) is 11.6 Å². The molecule has 6 nitrogen and oxygen atoms in total. The first-order chi connectivity index (χ1) is 11.0. The van der Waals surface area contributed by atoms with E-state index in [1.807, 2.05) is 12.1 Å². The maximum atomic E-state index is 11.9. The minimum absolute atomic E-state index is 0.0452. The Labute approximate surface area is 140 Å². The number of carbonyl (C=O) groups excluding carboxylic acids is 2. The van der Waals surface area contributed by atoms with Crippen molar-refractivity contribution >= 4 is 29.2 Å². The van der Waals surface area contributed by atoms with Gasteiger partial charge in [-0.05, 0) is 24.6 Å². The van der Waals surface area contributed by atoms with Crippen LogP contribution in [0, 0.1) is 0 Å². The number of rotatable bonds is 6. The number of methoxy groups -OCH3 is 2. The van der Waals surface area contributed by atoms with Gasteiger partial charge in [-0.2, -0.15) is 0 Å². The van der Waals surface area contributed by atoms with Crippen molar-refractivity contribution in [3.8, 4) is 5.75 Å². The van der Waals surface area contributed by atoms with E-state index in [-0.39, 0.29) is 30.8 Å². The number of hydrogen-bond donors (Lipinski definition) is 1. The average Bonchev–Trinajstić information content (AvgIpc) is 3.00. The second-order valence-electron chi connectivity index (χ2n) is 5.39. The minimum Gasteiger partial charge on any atom is -0.495 e. The van der Waals surface area contributed by atoms with E-state index in [0.29, 0.717) is 11.6 Å². The van der Waals surface area contributed by atoms with Gasteiger partial charge in [0.25, 0.3) is 0 Å². The monoisotopic (exact) mass is 340 g/mol. The van der Waals surface area contributed by atoms with E-state index in [4.69, 9.17) is 16.3 Å². The van der Waals surface area contributed by atoms with E-state index >= 15 is 0 Å². The normalized spacial score (nSPS) is 17.0. The molecular weight excluding hydrogens is 320 g/mol. The van der Waals surface area contributed by atoms with Crippen LogP contribution < -0.4 is 15.0 Å². The topological polar surface area (TPSA) is 67.9 Å². The number of benzene rings is 1. The van der Waals surface area contributed by atoms with Crippen LogP contribution in [0.4, 0.5) is 5.69 Å². The fraction of sp³-hybridized carbons (Fsp3) is 0.500. The predicted octanol–water partition coefficient (Wildman–Crippen LogP) is 2.00. The summed E-state index contributed by atoms with van der Waals surface area (Å²) in [6.45, 7) is 1.49. The number of nitrogens with one attached hydrogen (secondary N) is 1. The second-order valence-corrected chi connectivity index (χ2v) is 5.83. The number of hydrogen-bond acceptors (Lipinski definition) is 5. The standard InChI is InChI=1S/C16H21ClN2O4/c1-22-14-4-3-11(17)9-13(14)19-8-7-12(10-19)18-15(20)5-6-16(21)23-2/h3-4,9,12H,5-8,10H2,1-2H3,(H,18,20). The molecular formula is C16H21ClN2O4. The number of esters is 1. The van der Waals surface area contributed by atoms with Crippen LogP contribution in [-0.2, 0) is 14.3 Å². The summed E-state index contributed by atoms with van der Waals surface area (Å²) in [7, 11) is 2.93. The molecule has 1 aliphatic rings. The molecule has 1 saturated heterocycles. The first kappa shape index (κ1) is 17.4. The van der Waals surface area contributed by atoms with Crippen LogP contribution >= 0.6 is 11.6 Å². The predicted molar refractivity (Wildman–Crippen MR) is 88.0 cm³/mol. The summed E-state index contributed by atoms with van der Waals surface area (Å²) in [6.07, 6.45) is 1.07. The molecule has 1 aromatic carbocycles. The van der Waals surface area contributed by atoms with Crippen LogP contribution in [0.5, 0.6) is 5.75 Å². The Morgan fingerprint density at radius 2 is 2.13 bits per heavy atom. The third-order valence-corrected chi connectivity index (χ3v) is 4.05. The Morgan fingerprint density at radius 3 is 2.83 bits per heavy atom. The lowest BCUT2D eigenvalue weighted by Gasteiger charge is -2.21. The molecule has 0 saturated carbocycles. The Morgan fingerprint density at radius 1 is 1.35 bits per heavy atom. The van der Waals surface area contributed by atoms with Crippen molar-refractivity contribution in [1.82, 2.24) is 5.32 Å². The van der Waals surface area contributed by atoms with E-state index < -0.39 is 0 Å². The van der Waals surface area contributed by atoms with Gasteiger partial charge in [-0.3, -0.25) is 9.59 Å². The summed E-state index contributed by atoms with van der Waals surface area (Å²) < 4.78 is 9.90. The van der Waals surface area contributed by atoms with Crippen molar-refractivity contribution in [1.29, 1.82) is 0 Å². The first-order valence-corrected chi connectivity index (χ1v) is 7.86. The van der Waals surface area contributed by atoms with Crippen molar-refractivity contribution < 1.29 is 19.1 Å². The highest BCUT2D eigenvalue weighted by atomic mass is 35.5. The Kier molecular flexibility index (Phi) is 6.10.